The fourth-order valence-electron chi connectivity index (χ4n) is 1.48. The molecule has 0 heterocycles. The fourth-order valence-corrected chi connectivity index (χ4v) is 1.48. The average molecular weight is 220 g/mol. The minimum atomic E-state index is 0.541. The molecule has 1 aromatic rings. The van der Waals surface area contributed by atoms with E-state index in [4.69, 9.17) is 0 Å². The van der Waals surface area contributed by atoms with E-state index < -0.39 is 0 Å². The van der Waals surface area contributed by atoms with E-state index in [1.807, 2.05) is 0 Å². The topological polar surface area (TPSA) is 24.1 Å². The summed E-state index contributed by atoms with van der Waals surface area (Å²) in [4.78, 5) is 0. The Morgan fingerprint density at radius 2 is 1.69 bits per heavy atom. The summed E-state index contributed by atoms with van der Waals surface area (Å²) >= 11 is 0. The van der Waals surface area contributed by atoms with Crippen LogP contribution in [0.2, 0.25) is 0 Å². The van der Waals surface area contributed by atoms with Crippen LogP contribution in [0.25, 0.3) is 0 Å². The van der Waals surface area contributed by atoms with Gasteiger partial charge in [-0.1, -0.05) is 20.3 Å². The Hall–Kier alpha value is -1.18. The van der Waals surface area contributed by atoms with E-state index in [2.05, 4.69) is 55.7 Å². The number of unbranched alkanes of at least 4 members (excludes halogenated alkanes) is 1. The van der Waals surface area contributed by atoms with E-state index in [-0.39, 0.29) is 0 Å². The van der Waals surface area contributed by atoms with Gasteiger partial charge in [-0.15, -0.1) is 0 Å². The van der Waals surface area contributed by atoms with Gasteiger partial charge in [-0.05, 0) is 44.0 Å². The van der Waals surface area contributed by atoms with Crippen molar-refractivity contribution in [3.63, 3.8) is 0 Å². The normalized spacial score (nSPS) is 12.2. The molecule has 90 valence electrons. The van der Waals surface area contributed by atoms with Gasteiger partial charge in [-0.25, -0.2) is 0 Å². The smallest absolute Gasteiger partial charge is 0.0343 e. The van der Waals surface area contributed by atoms with Crippen molar-refractivity contribution in [3.8, 4) is 0 Å². The van der Waals surface area contributed by atoms with Crippen LogP contribution in [0.4, 0.5) is 11.4 Å². The molecule has 0 fully saturated rings. The van der Waals surface area contributed by atoms with Gasteiger partial charge < -0.3 is 10.6 Å². The van der Waals surface area contributed by atoms with Crippen LogP contribution in [-0.2, 0) is 0 Å². The van der Waals surface area contributed by atoms with Gasteiger partial charge >= 0.3 is 0 Å². The maximum atomic E-state index is 3.46. The molecule has 0 aliphatic carbocycles. The summed E-state index contributed by atoms with van der Waals surface area (Å²) in [5.41, 5.74) is 2.42. The standard InChI is InChI=1S/C14H24N2/c1-4-6-11-15-13-7-9-14(10-8-13)16-12(3)5-2/h7-10,12,15-16H,4-6,11H2,1-3H3. The summed E-state index contributed by atoms with van der Waals surface area (Å²) in [6.45, 7) is 7.67. The lowest BCUT2D eigenvalue weighted by molar-refractivity contribution is 0.764. The average Bonchev–Trinajstić information content (AvgIpc) is 2.31. The largest absolute Gasteiger partial charge is 0.385 e. The third-order valence-electron chi connectivity index (χ3n) is 2.77. The summed E-state index contributed by atoms with van der Waals surface area (Å²) in [5.74, 6) is 0. The first kappa shape index (κ1) is 12.9. The third-order valence-corrected chi connectivity index (χ3v) is 2.77. The molecular formula is C14H24N2. The van der Waals surface area contributed by atoms with Gasteiger partial charge in [-0.3, -0.25) is 0 Å². The number of rotatable bonds is 7. The molecule has 0 bridgehead atoms. The van der Waals surface area contributed by atoms with E-state index in [1.165, 1.54) is 24.2 Å². The molecule has 16 heavy (non-hydrogen) atoms. The van der Waals surface area contributed by atoms with E-state index in [0.717, 1.165) is 13.0 Å². The molecule has 0 amide bonds. The van der Waals surface area contributed by atoms with E-state index in [0.29, 0.717) is 6.04 Å². The van der Waals surface area contributed by atoms with Crippen LogP contribution >= 0.6 is 0 Å². The molecule has 0 radical (unpaired) electrons. The Bertz CT molecular complexity index is 279. The van der Waals surface area contributed by atoms with Crippen LogP contribution in [0.5, 0.6) is 0 Å². The molecule has 1 atom stereocenters. The predicted molar refractivity (Wildman–Crippen MR) is 73.2 cm³/mol. The first-order valence-electron chi connectivity index (χ1n) is 6.36. The molecular weight excluding hydrogens is 196 g/mol. The fraction of sp³-hybridized carbons (Fsp3) is 0.571. The zero-order valence-electron chi connectivity index (χ0n) is 10.7. The molecule has 0 saturated heterocycles. The third kappa shape index (κ3) is 4.56. The molecule has 2 nitrogen and oxygen atoms in total. The highest BCUT2D eigenvalue weighted by atomic mass is 14.9. The molecule has 1 unspecified atom stereocenters. The molecule has 0 aromatic heterocycles. The molecule has 2 N–H and O–H groups in total. The van der Waals surface area contributed by atoms with E-state index >= 15 is 0 Å². The summed E-state index contributed by atoms with van der Waals surface area (Å²) in [6.07, 6.45) is 3.62. The maximum absolute atomic E-state index is 3.46. The van der Waals surface area contributed by atoms with Gasteiger partial charge in [0.15, 0.2) is 0 Å². The zero-order chi connectivity index (χ0) is 11.8. The van der Waals surface area contributed by atoms with Crippen molar-refractivity contribution in [1.82, 2.24) is 0 Å². The highest BCUT2D eigenvalue weighted by Gasteiger charge is 1.98. The minimum Gasteiger partial charge on any atom is -0.385 e. The molecule has 0 aliphatic heterocycles. The first-order chi connectivity index (χ1) is 7.76. The van der Waals surface area contributed by atoms with Crippen molar-refractivity contribution in [2.24, 2.45) is 0 Å². The second-order valence-corrected chi connectivity index (χ2v) is 4.31. The highest BCUT2D eigenvalue weighted by Crippen LogP contribution is 2.15. The lowest BCUT2D eigenvalue weighted by Gasteiger charge is -2.13. The van der Waals surface area contributed by atoms with Crippen molar-refractivity contribution in [1.29, 1.82) is 0 Å². The molecule has 0 saturated carbocycles. The van der Waals surface area contributed by atoms with Crippen LogP contribution in [0.15, 0.2) is 24.3 Å². The van der Waals surface area contributed by atoms with Gasteiger partial charge in [0.05, 0.1) is 0 Å². The molecule has 0 aliphatic rings. The molecule has 2 heteroatoms. The second kappa shape index (κ2) is 7.15. The van der Waals surface area contributed by atoms with Crippen LogP contribution in [0.3, 0.4) is 0 Å². The lowest BCUT2D eigenvalue weighted by atomic mass is 10.2. The van der Waals surface area contributed by atoms with Gasteiger partial charge in [-0.2, -0.15) is 0 Å². The highest BCUT2D eigenvalue weighted by molar-refractivity contribution is 5.53. The maximum Gasteiger partial charge on any atom is 0.0343 e. The predicted octanol–water partition coefficient (Wildman–Crippen LogP) is 4.11. The minimum absolute atomic E-state index is 0.541. The van der Waals surface area contributed by atoms with Crippen molar-refractivity contribution < 1.29 is 0 Å². The van der Waals surface area contributed by atoms with Gasteiger partial charge in [0.1, 0.15) is 0 Å². The van der Waals surface area contributed by atoms with E-state index in [9.17, 15) is 0 Å². The zero-order valence-corrected chi connectivity index (χ0v) is 10.7. The molecule has 1 rings (SSSR count). The summed E-state index contributed by atoms with van der Waals surface area (Å²) in [7, 11) is 0. The van der Waals surface area contributed by atoms with Gasteiger partial charge in [0, 0.05) is 24.0 Å². The Kier molecular flexibility index (Phi) is 5.76. The van der Waals surface area contributed by atoms with E-state index in [1.54, 1.807) is 0 Å². The number of anilines is 2. The number of hydrogen-bond acceptors (Lipinski definition) is 2. The van der Waals surface area contributed by atoms with Gasteiger partial charge in [0.25, 0.3) is 0 Å². The Labute approximate surface area is 99.5 Å². The summed E-state index contributed by atoms with van der Waals surface area (Å²) in [5, 5.41) is 6.87. The first-order valence-corrected chi connectivity index (χ1v) is 6.36. The van der Waals surface area contributed by atoms with Crippen molar-refractivity contribution in [2.45, 2.75) is 46.1 Å². The quantitative estimate of drug-likeness (QED) is 0.676. The van der Waals surface area contributed by atoms with Crippen molar-refractivity contribution in [3.05, 3.63) is 24.3 Å². The van der Waals surface area contributed by atoms with Gasteiger partial charge in [0.2, 0.25) is 0 Å². The van der Waals surface area contributed by atoms with Crippen LogP contribution < -0.4 is 10.6 Å². The monoisotopic (exact) mass is 220 g/mol. The SMILES string of the molecule is CCCCNc1ccc(NC(C)CC)cc1. The van der Waals surface area contributed by atoms with Crippen molar-refractivity contribution >= 4 is 11.4 Å². The molecule has 1 aromatic carbocycles. The summed E-state index contributed by atoms with van der Waals surface area (Å²) < 4.78 is 0. The van der Waals surface area contributed by atoms with Crippen LogP contribution in [-0.4, -0.2) is 12.6 Å². The lowest BCUT2D eigenvalue weighted by Crippen LogP contribution is -2.13. The Balaban J connectivity index is 2.41. The van der Waals surface area contributed by atoms with Crippen molar-refractivity contribution in [2.75, 3.05) is 17.2 Å². The number of nitrogens with one attached hydrogen (secondary N) is 2. The summed E-state index contributed by atoms with van der Waals surface area (Å²) in [6, 6.07) is 9.10. The number of benzene rings is 1. The van der Waals surface area contributed by atoms with Crippen LogP contribution in [0.1, 0.15) is 40.0 Å². The molecule has 0 spiro atoms. The Morgan fingerprint density at radius 1 is 1.06 bits per heavy atom. The Morgan fingerprint density at radius 3 is 2.25 bits per heavy atom. The number of hydrogen-bond donors (Lipinski definition) is 2. The second-order valence-electron chi connectivity index (χ2n) is 4.31. The van der Waals surface area contributed by atoms with Crippen LogP contribution in [0, 0.1) is 0 Å².